The molecule has 0 spiro atoms. The lowest BCUT2D eigenvalue weighted by Crippen LogP contribution is -2.49. The lowest BCUT2D eigenvalue weighted by Gasteiger charge is -2.35. The van der Waals surface area contributed by atoms with Gasteiger partial charge >= 0.3 is 5.97 Å². The number of hydrogen-bond donors (Lipinski definition) is 0. The monoisotopic (exact) mass is 430 g/mol. The zero-order chi connectivity index (χ0) is 21.7. The molecule has 158 valence electrons. The van der Waals surface area contributed by atoms with E-state index in [1.54, 1.807) is 4.90 Å². The van der Waals surface area contributed by atoms with E-state index < -0.39 is 17.5 Å². The summed E-state index contributed by atoms with van der Waals surface area (Å²) in [4.78, 5) is 38.7. The molecule has 9 heteroatoms. The van der Waals surface area contributed by atoms with Crippen molar-refractivity contribution >= 4 is 29.3 Å². The normalized spacial score (nSPS) is 18.7. The third-order valence-corrected chi connectivity index (χ3v) is 5.55. The summed E-state index contributed by atoms with van der Waals surface area (Å²) >= 11 is 1.29. The van der Waals surface area contributed by atoms with Gasteiger partial charge in [-0.1, -0.05) is 30.0 Å². The minimum Gasteiger partial charge on any atom is -0.452 e. The molecule has 8 nitrogen and oxygen atoms in total. The highest BCUT2D eigenvalue weighted by Gasteiger charge is 2.27. The molecule has 0 radical (unpaired) electrons. The van der Waals surface area contributed by atoms with Gasteiger partial charge in [0.25, 0.3) is 11.6 Å². The van der Waals surface area contributed by atoms with Crippen LogP contribution in [0.3, 0.4) is 0 Å². The molecule has 1 amide bonds. The molecule has 2 atom stereocenters. The number of benzene rings is 2. The highest BCUT2D eigenvalue weighted by atomic mass is 32.2. The lowest BCUT2D eigenvalue weighted by molar-refractivity contribution is -0.384. The number of ether oxygens (including phenoxy) is 2. The fraction of sp³-hybridized carbons (Fsp3) is 0.333. The molecule has 1 fully saturated rings. The fourth-order valence-electron chi connectivity index (χ4n) is 3.17. The van der Waals surface area contributed by atoms with Crippen molar-refractivity contribution in [3.63, 3.8) is 0 Å². The highest BCUT2D eigenvalue weighted by molar-refractivity contribution is 7.99. The lowest BCUT2D eigenvalue weighted by atomic mass is 10.2. The Kier molecular flexibility index (Phi) is 7.07. The van der Waals surface area contributed by atoms with Gasteiger partial charge < -0.3 is 14.4 Å². The summed E-state index contributed by atoms with van der Waals surface area (Å²) < 4.78 is 10.8. The third-order valence-electron chi connectivity index (χ3n) is 4.46. The first-order chi connectivity index (χ1) is 14.3. The van der Waals surface area contributed by atoms with Crippen molar-refractivity contribution < 1.29 is 24.0 Å². The van der Waals surface area contributed by atoms with Crippen molar-refractivity contribution in [3.8, 4) is 0 Å². The van der Waals surface area contributed by atoms with Gasteiger partial charge in [0.1, 0.15) is 0 Å². The standard InChI is InChI=1S/C21H22N2O6S/c1-14-11-22(12-15(2)29-14)20(24)13-28-21(25)18-10-16(23(26)27)8-9-19(18)30-17-6-4-3-5-7-17/h3-10,14-15H,11-13H2,1-2H3. The van der Waals surface area contributed by atoms with Crippen molar-refractivity contribution in [3.05, 3.63) is 64.2 Å². The van der Waals surface area contributed by atoms with Crippen LogP contribution in [0.15, 0.2) is 58.3 Å². The molecule has 1 aliphatic rings. The highest BCUT2D eigenvalue weighted by Crippen LogP contribution is 2.33. The molecular weight excluding hydrogens is 408 g/mol. The second-order valence-electron chi connectivity index (χ2n) is 6.98. The summed E-state index contributed by atoms with van der Waals surface area (Å²) in [5.74, 6) is -1.10. The Bertz CT molecular complexity index is 926. The number of nitro groups is 1. The number of carbonyl (C=O) groups excluding carboxylic acids is 2. The fourth-order valence-corrected chi connectivity index (χ4v) is 4.11. The molecule has 0 aliphatic carbocycles. The van der Waals surface area contributed by atoms with Gasteiger partial charge in [0.15, 0.2) is 6.61 Å². The van der Waals surface area contributed by atoms with Gasteiger partial charge in [-0.05, 0) is 32.0 Å². The van der Waals surface area contributed by atoms with Crippen molar-refractivity contribution in [1.29, 1.82) is 0 Å². The Morgan fingerprint density at radius 2 is 1.83 bits per heavy atom. The molecule has 30 heavy (non-hydrogen) atoms. The van der Waals surface area contributed by atoms with Crippen LogP contribution in [0.25, 0.3) is 0 Å². The van der Waals surface area contributed by atoms with Crippen molar-refractivity contribution in [2.75, 3.05) is 19.7 Å². The molecule has 1 saturated heterocycles. The molecule has 3 rings (SSSR count). The number of nitro benzene ring substituents is 1. The minimum atomic E-state index is -0.778. The number of esters is 1. The molecule has 0 N–H and O–H groups in total. The molecule has 2 aromatic carbocycles. The zero-order valence-electron chi connectivity index (χ0n) is 16.6. The third kappa shape index (κ3) is 5.58. The van der Waals surface area contributed by atoms with E-state index in [1.807, 2.05) is 44.2 Å². The van der Waals surface area contributed by atoms with Gasteiger partial charge in [0.2, 0.25) is 0 Å². The topological polar surface area (TPSA) is 99.0 Å². The van der Waals surface area contributed by atoms with Gasteiger partial charge in [0.05, 0.1) is 22.7 Å². The van der Waals surface area contributed by atoms with Gasteiger partial charge in [-0.25, -0.2) is 4.79 Å². The number of nitrogens with zero attached hydrogens (tertiary/aromatic N) is 2. The van der Waals surface area contributed by atoms with Crippen LogP contribution in [0.5, 0.6) is 0 Å². The zero-order valence-corrected chi connectivity index (χ0v) is 17.5. The maximum Gasteiger partial charge on any atom is 0.340 e. The summed E-state index contributed by atoms with van der Waals surface area (Å²) in [6.45, 7) is 4.16. The second-order valence-corrected chi connectivity index (χ2v) is 8.10. The molecule has 0 aromatic heterocycles. The van der Waals surface area contributed by atoms with Gasteiger partial charge in [0, 0.05) is 35.0 Å². The average molecular weight is 430 g/mol. The molecule has 0 bridgehead atoms. The number of hydrogen-bond acceptors (Lipinski definition) is 7. The van der Waals surface area contributed by atoms with E-state index in [0.29, 0.717) is 18.0 Å². The first kappa shape index (κ1) is 21.8. The van der Waals surface area contributed by atoms with Crippen LogP contribution < -0.4 is 0 Å². The molecule has 1 heterocycles. The molecule has 1 aliphatic heterocycles. The Hall–Kier alpha value is -2.91. The predicted molar refractivity (Wildman–Crippen MR) is 111 cm³/mol. The van der Waals surface area contributed by atoms with Gasteiger partial charge in [-0.15, -0.1) is 0 Å². The number of rotatable bonds is 6. The minimum absolute atomic E-state index is 0.0505. The quantitative estimate of drug-likeness (QED) is 0.393. The Morgan fingerprint density at radius 1 is 1.17 bits per heavy atom. The van der Waals surface area contributed by atoms with E-state index in [4.69, 9.17) is 9.47 Å². The summed E-state index contributed by atoms with van der Waals surface area (Å²) in [6.07, 6.45) is -0.196. The molecular formula is C21H22N2O6S. The summed E-state index contributed by atoms with van der Waals surface area (Å²) in [5.41, 5.74) is -0.170. The largest absolute Gasteiger partial charge is 0.452 e. The second kappa shape index (κ2) is 9.73. The first-order valence-corrected chi connectivity index (χ1v) is 10.3. The number of amides is 1. The summed E-state index contributed by atoms with van der Waals surface area (Å²) in [5, 5.41) is 11.2. The van der Waals surface area contributed by atoms with E-state index in [2.05, 4.69) is 0 Å². The van der Waals surface area contributed by atoms with Crippen molar-refractivity contribution in [2.45, 2.75) is 35.8 Å². The smallest absolute Gasteiger partial charge is 0.340 e. The van der Waals surface area contributed by atoms with Crippen LogP contribution in [0.4, 0.5) is 5.69 Å². The van der Waals surface area contributed by atoms with Gasteiger partial charge in [-0.3, -0.25) is 14.9 Å². The number of morpholine rings is 1. The van der Waals surface area contributed by atoms with Gasteiger partial charge in [-0.2, -0.15) is 0 Å². The van der Waals surface area contributed by atoms with E-state index in [0.717, 1.165) is 4.90 Å². The van der Waals surface area contributed by atoms with Crippen LogP contribution in [-0.4, -0.2) is 53.6 Å². The predicted octanol–water partition coefficient (Wildman–Crippen LogP) is 3.54. The first-order valence-electron chi connectivity index (χ1n) is 9.45. The number of non-ortho nitro benzene ring substituents is 1. The van der Waals surface area contributed by atoms with E-state index in [-0.39, 0.29) is 29.4 Å². The maximum atomic E-state index is 12.7. The Balaban J connectivity index is 1.74. The van der Waals surface area contributed by atoms with Crippen LogP contribution in [0.2, 0.25) is 0 Å². The number of carbonyl (C=O) groups is 2. The summed E-state index contributed by atoms with van der Waals surface area (Å²) in [6, 6.07) is 13.3. The Morgan fingerprint density at radius 3 is 2.47 bits per heavy atom. The SMILES string of the molecule is CC1CN(C(=O)COC(=O)c2cc([N+](=O)[O-])ccc2Sc2ccccc2)CC(C)O1. The van der Waals surface area contributed by atoms with E-state index >= 15 is 0 Å². The average Bonchev–Trinajstić information content (AvgIpc) is 2.72. The molecule has 0 saturated carbocycles. The molecule has 2 aromatic rings. The van der Waals surface area contributed by atoms with Crippen molar-refractivity contribution in [1.82, 2.24) is 4.90 Å². The van der Waals surface area contributed by atoms with Crippen molar-refractivity contribution in [2.24, 2.45) is 0 Å². The van der Waals surface area contributed by atoms with Crippen LogP contribution in [0.1, 0.15) is 24.2 Å². The summed E-state index contributed by atoms with van der Waals surface area (Å²) in [7, 11) is 0. The maximum absolute atomic E-state index is 12.7. The van der Waals surface area contributed by atoms with Crippen LogP contribution in [-0.2, 0) is 14.3 Å². The van der Waals surface area contributed by atoms with Crippen LogP contribution in [0, 0.1) is 10.1 Å². The van der Waals surface area contributed by atoms with E-state index in [9.17, 15) is 19.7 Å². The Labute approximate surface area is 178 Å². The van der Waals surface area contributed by atoms with E-state index in [1.165, 1.54) is 30.0 Å². The molecule has 2 unspecified atom stereocenters. The van der Waals surface area contributed by atoms with Crippen LogP contribution >= 0.6 is 11.8 Å².